The first-order valence-corrected chi connectivity index (χ1v) is 10.4. The van der Waals surface area contributed by atoms with Crippen molar-refractivity contribution in [3.63, 3.8) is 0 Å². The molecule has 1 aliphatic heterocycles. The van der Waals surface area contributed by atoms with Gasteiger partial charge in [-0.2, -0.15) is 0 Å². The van der Waals surface area contributed by atoms with Gasteiger partial charge in [0.15, 0.2) is 0 Å². The maximum atomic E-state index is 12.5. The van der Waals surface area contributed by atoms with Crippen LogP contribution in [0.2, 0.25) is 0 Å². The second-order valence-corrected chi connectivity index (χ2v) is 8.37. The summed E-state index contributed by atoms with van der Waals surface area (Å²) in [6.45, 7) is 4.97. The van der Waals surface area contributed by atoms with E-state index < -0.39 is 0 Å². The minimum absolute atomic E-state index is 0.0337. The molecule has 1 aliphatic rings. The smallest absolute Gasteiger partial charge is 0.227 e. The first-order chi connectivity index (χ1) is 13.5. The molecule has 1 N–H and O–H groups in total. The number of carbonyl (C=O) groups is 2. The Bertz CT molecular complexity index is 1020. The lowest BCUT2D eigenvalue weighted by Gasteiger charge is -2.30. The summed E-state index contributed by atoms with van der Waals surface area (Å²) in [5, 5.41) is 3.99. The summed E-state index contributed by atoms with van der Waals surface area (Å²) in [6, 6.07) is 14.1. The van der Waals surface area contributed by atoms with E-state index in [1.165, 1.54) is 10.3 Å². The SMILES string of the molecule is CC(=O)N1CCC(C(=O)Nc2ccc(-c3nc4ccc(C)cc4s3)cc2)CC1. The van der Waals surface area contributed by atoms with Crippen molar-refractivity contribution in [1.29, 1.82) is 0 Å². The summed E-state index contributed by atoms with van der Waals surface area (Å²) in [5.41, 5.74) is 4.08. The van der Waals surface area contributed by atoms with Crippen LogP contribution in [0.25, 0.3) is 20.8 Å². The Morgan fingerprint density at radius 3 is 2.50 bits per heavy atom. The average Bonchev–Trinajstić information content (AvgIpc) is 3.11. The molecule has 3 aromatic rings. The molecule has 28 heavy (non-hydrogen) atoms. The lowest BCUT2D eigenvalue weighted by atomic mass is 9.96. The fourth-order valence-electron chi connectivity index (χ4n) is 3.55. The molecule has 0 atom stereocenters. The van der Waals surface area contributed by atoms with E-state index in [0.29, 0.717) is 25.9 Å². The zero-order chi connectivity index (χ0) is 19.7. The minimum Gasteiger partial charge on any atom is -0.343 e. The van der Waals surface area contributed by atoms with E-state index in [2.05, 4.69) is 30.4 Å². The zero-order valence-corrected chi connectivity index (χ0v) is 16.9. The van der Waals surface area contributed by atoms with Gasteiger partial charge in [-0.3, -0.25) is 9.59 Å². The molecule has 6 heteroatoms. The van der Waals surface area contributed by atoms with Crippen LogP contribution in [-0.2, 0) is 9.59 Å². The third-order valence-corrected chi connectivity index (χ3v) is 6.32. The largest absolute Gasteiger partial charge is 0.343 e. The number of fused-ring (bicyclic) bond motifs is 1. The van der Waals surface area contributed by atoms with Gasteiger partial charge in [0.2, 0.25) is 11.8 Å². The second kappa shape index (κ2) is 7.72. The number of anilines is 1. The van der Waals surface area contributed by atoms with Crippen LogP contribution in [0.5, 0.6) is 0 Å². The Labute approximate surface area is 168 Å². The zero-order valence-electron chi connectivity index (χ0n) is 16.1. The standard InChI is InChI=1S/C22H23N3O2S/c1-14-3-8-19-20(13-14)28-22(24-19)17-4-6-18(7-5-17)23-21(27)16-9-11-25(12-10-16)15(2)26/h3-8,13,16H,9-12H2,1-2H3,(H,23,27). The van der Waals surface area contributed by atoms with Gasteiger partial charge in [0.05, 0.1) is 10.2 Å². The number of carbonyl (C=O) groups excluding carboxylic acids is 2. The average molecular weight is 394 g/mol. The number of hydrogen-bond acceptors (Lipinski definition) is 4. The fraction of sp³-hybridized carbons (Fsp3) is 0.318. The van der Waals surface area contributed by atoms with E-state index in [1.54, 1.807) is 23.2 Å². The summed E-state index contributed by atoms with van der Waals surface area (Å²) >= 11 is 1.68. The maximum Gasteiger partial charge on any atom is 0.227 e. The lowest BCUT2D eigenvalue weighted by molar-refractivity contribution is -0.132. The Hall–Kier alpha value is -2.73. The van der Waals surface area contributed by atoms with Crippen LogP contribution in [0.3, 0.4) is 0 Å². The van der Waals surface area contributed by atoms with Gasteiger partial charge in [-0.1, -0.05) is 6.07 Å². The van der Waals surface area contributed by atoms with E-state index in [4.69, 9.17) is 4.98 Å². The van der Waals surface area contributed by atoms with Crippen molar-refractivity contribution in [3.8, 4) is 10.6 Å². The molecular formula is C22H23N3O2S. The van der Waals surface area contributed by atoms with Crippen LogP contribution in [0, 0.1) is 12.8 Å². The number of benzene rings is 2. The third kappa shape index (κ3) is 3.92. The Morgan fingerprint density at radius 1 is 1.11 bits per heavy atom. The third-order valence-electron chi connectivity index (χ3n) is 5.25. The quantitative estimate of drug-likeness (QED) is 0.714. The van der Waals surface area contributed by atoms with Gasteiger partial charge in [0.25, 0.3) is 0 Å². The van der Waals surface area contributed by atoms with E-state index in [1.807, 2.05) is 24.3 Å². The minimum atomic E-state index is -0.0391. The van der Waals surface area contributed by atoms with Gasteiger partial charge >= 0.3 is 0 Å². The Balaban J connectivity index is 1.41. The number of likely N-dealkylation sites (tertiary alicyclic amines) is 1. The number of thiazole rings is 1. The highest BCUT2D eigenvalue weighted by Gasteiger charge is 2.26. The fourth-order valence-corrected chi connectivity index (χ4v) is 4.62. The van der Waals surface area contributed by atoms with Gasteiger partial charge in [-0.25, -0.2) is 4.98 Å². The van der Waals surface area contributed by atoms with Crippen molar-refractivity contribution in [2.45, 2.75) is 26.7 Å². The van der Waals surface area contributed by atoms with Crippen molar-refractivity contribution in [2.24, 2.45) is 5.92 Å². The summed E-state index contributed by atoms with van der Waals surface area (Å²) in [5.74, 6) is 0.0775. The number of hydrogen-bond donors (Lipinski definition) is 1. The molecule has 4 rings (SSSR count). The topological polar surface area (TPSA) is 62.3 Å². The predicted molar refractivity (Wildman–Crippen MR) is 113 cm³/mol. The number of nitrogens with one attached hydrogen (secondary N) is 1. The van der Waals surface area contributed by atoms with Crippen LogP contribution in [-0.4, -0.2) is 34.8 Å². The van der Waals surface area contributed by atoms with Crippen LogP contribution < -0.4 is 5.32 Å². The van der Waals surface area contributed by atoms with Gasteiger partial charge in [-0.05, 0) is 61.7 Å². The summed E-state index contributed by atoms with van der Waals surface area (Å²) in [7, 11) is 0. The van der Waals surface area contributed by atoms with Crippen LogP contribution >= 0.6 is 11.3 Å². The Morgan fingerprint density at radius 2 is 1.82 bits per heavy atom. The van der Waals surface area contributed by atoms with Gasteiger partial charge < -0.3 is 10.2 Å². The molecule has 2 heterocycles. The number of nitrogens with zero attached hydrogens (tertiary/aromatic N) is 2. The van der Waals surface area contributed by atoms with E-state index >= 15 is 0 Å². The van der Waals surface area contributed by atoms with Crippen LogP contribution in [0.4, 0.5) is 5.69 Å². The molecule has 0 saturated carbocycles. The van der Waals surface area contributed by atoms with Crippen molar-refractivity contribution in [3.05, 3.63) is 48.0 Å². The normalized spacial score (nSPS) is 15.0. The van der Waals surface area contributed by atoms with Gasteiger partial charge in [0, 0.05) is 37.2 Å². The van der Waals surface area contributed by atoms with Gasteiger partial charge in [-0.15, -0.1) is 11.3 Å². The van der Waals surface area contributed by atoms with Crippen molar-refractivity contribution < 1.29 is 9.59 Å². The maximum absolute atomic E-state index is 12.5. The molecule has 1 aromatic heterocycles. The summed E-state index contributed by atoms with van der Waals surface area (Å²) in [6.07, 6.45) is 1.43. The molecule has 5 nitrogen and oxygen atoms in total. The molecule has 0 aliphatic carbocycles. The Kier molecular flexibility index (Phi) is 5.13. The lowest BCUT2D eigenvalue weighted by Crippen LogP contribution is -2.40. The number of amides is 2. The molecule has 0 spiro atoms. The predicted octanol–water partition coefficient (Wildman–Crippen LogP) is 4.47. The molecule has 0 unspecified atom stereocenters. The highest BCUT2D eigenvalue weighted by Crippen LogP contribution is 2.31. The second-order valence-electron chi connectivity index (χ2n) is 7.34. The molecule has 1 fully saturated rings. The molecular weight excluding hydrogens is 370 g/mol. The molecule has 0 bridgehead atoms. The van der Waals surface area contributed by atoms with E-state index in [-0.39, 0.29) is 17.7 Å². The van der Waals surface area contributed by atoms with Crippen molar-refractivity contribution in [1.82, 2.24) is 9.88 Å². The highest BCUT2D eigenvalue weighted by atomic mass is 32.1. The number of aryl methyl sites for hydroxylation is 1. The molecule has 2 amide bonds. The first-order valence-electron chi connectivity index (χ1n) is 9.53. The molecule has 2 aromatic carbocycles. The number of rotatable bonds is 3. The van der Waals surface area contributed by atoms with E-state index in [9.17, 15) is 9.59 Å². The van der Waals surface area contributed by atoms with Crippen LogP contribution in [0.15, 0.2) is 42.5 Å². The monoisotopic (exact) mass is 393 g/mol. The van der Waals surface area contributed by atoms with Gasteiger partial charge in [0.1, 0.15) is 5.01 Å². The number of aromatic nitrogens is 1. The molecule has 144 valence electrons. The van der Waals surface area contributed by atoms with Crippen molar-refractivity contribution in [2.75, 3.05) is 18.4 Å². The van der Waals surface area contributed by atoms with E-state index in [0.717, 1.165) is 21.8 Å². The first kappa shape index (κ1) is 18.6. The summed E-state index contributed by atoms with van der Waals surface area (Å²) < 4.78 is 1.18. The highest BCUT2D eigenvalue weighted by molar-refractivity contribution is 7.21. The van der Waals surface area contributed by atoms with Crippen molar-refractivity contribution >= 4 is 39.1 Å². The molecule has 0 radical (unpaired) electrons. The summed E-state index contributed by atoms with van der Waals surface area (Å²) in [4.78, 5) is 30.4. The van der Waals surface area contributed by atoms with Crippen LogP contribution in [0.1, 0.15) is 25.3 Å². The molecule has 1 saturated heterocycles. The number of piperidine rings is 1.